The Balaban J connectivity index is 1.84. The highest BCUT2D eigenvalue weighted by Crippen LogP contribution is 2.20. The molecule has 0 saturated carbocycles. The molecule has 0 aliphatic carbocycles. The van der Waals surface area contributed by atoms with E-state index in [1.165, 1.54) is 5.56 Å². The number of amides is 2. The van der Waals surface area contributed by atoms with Gasteiger partial charge >= 0.3 is 0 Å². The van der Waals surface area contributed by atoms with E-state index in [4.69, 9.17) is 0 Å². The van der Waals surface area contributed by atoms with E-state index < -0.39 is 6.04 Å². The van der Waals surface area contributed by atoms with Crippen molar-refractivity contribution in [3.8, 4) is 0 Å². The number of halogens is 1. The van der Waals surface area contributed by atoms with Crippen LogP contribution in [-0.2, 0) is 29.0 Å². The molecule has 178 valence electrons. The minimum atomic E-state index is -0.595. The topological polar surface area (TPSA) is 49.4 Å². The van der Waals surface area contributed by atoms with Gasteiger partial charge in [-0.05, 0) is 46.7 Å². The monoisotopic (exact) mass is 520 g/mol. The summed E-state index contributed by atoms with van der Waals surface area (Å²) in [6, 6.07) is 25.6. The van der Waals surface area contributed by atoms with Crippen LogP contribution in [-0.4, -0.2) is 29.8 Å². The molecule has 34 heavy (non-hydrogen) atoms. The van der Waals surface area contributed by atoms with E-state index >= 15 is 0 Å². The Morgan fingerprint density at radius 3 is 2.18 bits per heavy atom. The molecule has 0 aliphatic heterocycles. The Bertz CT molecular complexity index is 1080. The fourth-order valence-electron chi connectivity index (χ4n) is 4.02. The molecule has 2 amide bonds. The molecule has 0 saturated heterocycles. The van der Waals surface area contributed by atoms with E-state index in [0.717, 1.165) is 21.2 Å². The number of nitrogens with one attached hydrogen (secondary N) is 1. The van der Waals surface area contributed by atoms with E-state index in [-0.39, 0.29) is 11.8 Å². The zero-order valence-corrected chi connectivity index (χ0v) is 21.7. The van der Waals surface area contributed by atoms with Crippen molar-refractivity contribution in [2.75, 3.05) is 7.05 Å². The SMILES string of the molecule is CNC(=O)C(Cc1ccccc1)N(Cc1cccc(Br)c1)C(=O)CCc1ccc(C(C)C)cc1. The molecule has 1 N–H and O–H groups in total. The van der Waals surface area contributed by atoms with Crippen LogP contribution in [0.1, 0.15) is 48.4 Å². The summed E-state index contributed by atoms with van der Waals surface area (Å²) >= 11 is 3.52. The number of benzene rings is 3. The first-order valence-electron chi connectivity index (χ1n) is 11.8. The van der Waals surface area contributed by atoms with Gasteiger partial charge in [-0.3, -0.25) is 9.59 Å². The number of carbonyl (C=O) groups is 2. The molecule has 0 aromatic heterocycles. The Labute approximate surface area is 211 Å². The molecule has 3 rings (SSSR count). The van der Waals surface area contributed by atoms with Gasteiger partial charge in [0.25, 0.3) is 0 Å². The van der Waals surface area contributed by atoms with Crippen molar-refractivity contribution in [1.29, 1.82) is 0 Å². The van der Waals surface area contributed by atoms with Crippen molar-refractivity contribution in [3.05, 3.63) is 106 Å². The highest BCUT2D eigenvalue weighted by molar-refractivity contribution is 9.10. The quantitative estimate of drug-likeness (QED) is 0.362. The van der Waals surface area contributed by atoms with Gasteiger partial charge in [-0.2, -0.15) is 0 Å². The second-order valence-electron chi connectivity index (χ2n) is 8.87. The maximum Gasteiger partial charge on any atom is 0.242 e. The van der Waals surface area contributed by atoms with Crippen LogP contribution in [0.3, 0.4) is 0 Å². The van der Waals surface area contributed by atoms with Crippen molar-refractivity contribution in [2.45, 2.75) is 51.6 Å². The first-order chi connectivity index (χ1) is 16.4. The Kier molecular flexibility index (Phi) is 9.46. The molecule has 0 heterocycles. The van der Waals surface area contributed by atoms with Crippen LogP contribution in [0.2, 0.25) is 0 Å². The van der Waals surface area contributed by atoms with Crippen LogP contribution >= 0.6 is 15.9 Å². The minimum absolute atomic E-state index is 0.0301. The Morgan fingerprint density at radius 2 is 1.56 bits per heavy atom. The van der Waals surface area contributed by atoms with Crippen molar-refractivity contribution in [3.63, 3.8) is 0 Å². The first-order valence-corrected chi connectivity index (χ1v) is 12.5. The van der Waals surface area contributed by atoms with Crippen LogP contribution in [0.5, 0.6) is 0 Å². The van der Waals surface area contributed by atoms with Crippen LogP contribution in [0.15, 0.2) is 83.3 Å². The van der Waals surface area contributed by atoms with Crippen molar-refractivity contribution in [1.82, 2.24) is 10.2 Å². The Morgan fingerprint density at radius 1 is 0.882 bits per heavy atom. The Hall–Kier alpha value is -2.92. The lowest BCUT2D eigenvalue weighted by Crippen LogP contribution is -2.49. The van der Waals surface area contributed by atoms with Gasteiger partial charge in [-0.1, -0.05) is 96.5 Å². The van der Waals surface area contributed by atoms with Crippen molar-refractivity contribution >= 4 is 27.7 Å². The third-order valence-electron chi connectivity index (χ3n) is 6.03. The zero-order chi connectivity index (χ0) is 24.5. The largest absolute Gasteiger partial charge is 0.357 e. The summed E-state index contributed by atoms with van der Waals surface area (Å²) in [5.74, 6) is 0.286. The summed E-state index contributed by atoms with van der Waals surface area (Å²) in [6.45, 7) is 4.71. The molecule has 4 nitrogen and oxygen atoms in total. The van der Waals surface area contributed by atoms with Gasteiger partial charge in [-0.15, -0.1) is 0 Å². The smallest absolute Gasteiger partial charge is 0.242 e. The predicted octanol–water partition coefficient (Wildman–Crippen LogP) is 5.89. The van der Waals surface area contributed by atoms with Crippen LogP contribution in [0, 0.1) is 0 Å². The average Bonchev–Trinajstić information content (AvgIpc) is 2.85. The molecule has 1 atom stereocenters. The minimum Gasteiger partial charge on any atom is -0.357 e. The molecule has 0 spiro atoms. The summed E-state index contributed by atoms with van der Waals surface area (Å²) in [6.07, 6.45) is 1.44. The van der Waals surface area contributed by atoms with Gasteiger partial charge in [0, 0.05) is 30.9 Å². The molecule has 0 fully saturated rings. The van der Waals surface area contributed by atoms with Gasteiger partial charge < -0.3 is 10.2 Å². The van der Waals surface area contributed by atoms with Crippen LogP contribution in [0.25, 0.3) is 0 Å². The maximum absolute atomic E-state index is 13.6. The lowest BCUT2D eigenvalue weighted by molar-refractivity contribution is -0.141. The first kappa shape index (κ1) is 25.7. The summed E-state index contributed by atoms with van der Waals surface area (Å²) in [7, 11) is 1.62. The molecule has 5 heteroatoms. The summed E-state index contributed by atoms with van der Waals surface area (Å²) in [5, 5.41) is 2.77. The van der Waals surface area contributed by atoms with Crippen molar-refractivity contribution < 1.29 is 9.59 Å². The third kappa shape index (κ3) is 7.29. The standard InChI is InChI=1S/C29H33BrN2O2/c1-21(2)25-15-12-22(13-16-25)14-17-28(33)32(20-24-10-7-11-26(30)18-24)27(29(34)31-3)19-23-8-5-4-6-9-23/h4-13,15-16,18,21,27H,14,17,19-20H2,1-3H3,(H,31,34). The van der Waals surface area contributed by atoms with Gasteiger partial charge in [0.1, 0.15) is 6.04 Å². The fourth-order valence-corrected chi connectivity index (χ4v) is 4.46. The van der Waals surface area contributed by atoms with E-state index in [2.05, 4.69) is 59.4 Å². The van der Waals surface area contributed by atoms with Gasteiger partial charge in [0.05, 0.1) is 0 Å². The molecule has 0 aliphatic rings. The molecule has 1 unspecified atom stereocenters. The number of hydrogen-bond acceptors (Lipinski definition) is 2. The van der Waals surface area contributed by atoms with Gasteiger partial charge in [0.2, 0.25) is 11.8 Å². The van der Waals surface area contributed by atoms with Crippen LogP contribution in [0.4, 0.5) is 0 Å². The molecule has 0 radical (unpaired) electrons. The lowest BCUT2D eigenvalue weighted by Gasteiger charge is -2.31. The van der Waals surface area contributed by atoms with Gasteiger partial charge in [0.15, 0.2) is 0 Å². The third-order valence-corrected chi connectivity index (χ3v) is 6.53. The summed E-state index contributed by atoms with van der Waals surface area (Å²) < 4.78 is 0.946. The number of carbonyl (C=O) groups excluding carboxylic acids is 2. The molecular weight excluding hydrogens is 488 g/mol. The molecule has 3 aromatic carbocycles. The number of rotatable bonds is 10. The number of likely N-dealkylation sites (N-methyl/N-ethyl adjacent to an activating group) is 1. The van der Waals surface area contributed by atoms with Crippen molar-refractivity contribution in [2.24, 2.45) is 0 Å². The molecule has 0 bridgehead atoms. The van der Waals surface area contributed by atoms with E-state index in [1.807, 2.05) is 54.6 Å². The average molecular weight is 521 g/mol. The number of hydrogen-bond donors (Lipinski definition) is 1. The van der Waals surface area contributed by atoms with E-state index in [1.54, 1.807) is 11.9 Å². The fraction of sp³-hybridized carbons (Fsp3) is 0.310. The van der Waals surface area contributed by atoms with Gasteiger partial charge in [-0.25, -0.2) is 0 Å². The summed E-state index contributed by atoms with van der Waals surface area (Å²) in [4.78, 5) is 28.3. The van der Waals surface area contributed by atoms with E-state index in [0.29, 0.717) is 31.7 Å². The lowest BCUT2D eigenvalue weighted by atomic mass is 9.99. The summed E-state index contributed by atoms with van der Waals surface area (Å²) in [5.41, 5.74) is 4.41. The molecule has 3 aromatic rings. The zero-order valence-electron chi connectivity index (χ0n) is 20.1. The van der Waals surface area contributed by atoms with Crippen LogP contribution < -0.4 is 5.32 Å². The normalized spacial score (nSPS) is 11.8. The highest BCUT2D eigenvalue weighted by atomic mass is 79.9. The number of nitrogens with zero attached hydrogens (tertiary/aromatic N) is 1. The highest BCUT2D eigenvalue weighted by Gasteiger charge is 2.29. The second-order valence-corrected chi connectivity index (χ2v) is 9.78. The number of aryl methyl sites for hydroxylation is 1. The predicted molar refractivity (Wildman–Crippen MR) is 142 cm³/mol. The van der Waals surface area contributed by atoms with E-state index in [9.17, 15) is 9.59 Å². The molecular formula is C29H33BrN2O2. The second kappa shape index (κ2) is 12.5. The maximum atomic E-state index is 13.6.